The van der Waals surface area contributed by atoms with Gasteiger partial charge in [-0.1, -0.05) is 54.6 Å². The van der Waals surface area contributed by atoms with Gasteiger partial charge in [0.15, 0.2) is 5.82 Å². The summed E-state index contributed by atoms with van der Waals surface area (Å²) in [7, 11) is 0. The first kappa shape index (κ1) is 10.7. The molecule has 0 atom stereocenters. The first-order chi connectivity index (χ1) is 8.83. The number of benzene rings is 2. The maximum atomic E-state index is 4.32. The second-order valence-electron chi connectivity index (χ2n) is 4.17. The van der Waals surface area contributed by atoms with E-state index in [1.54, 1.807) is 0 Å². The number of nitrogens with zero attached hydrogens (tertiary/aromatic N) is 2. The van der Waals surface area contributed by atoms with E-state index < -0.39 is 0 Å². The molecule has 0 radical (unpaired) electrons. The quantitative estimate of drug-likeness (QED) is 0.739. The number of hydrogen-bond acceptors (Lipinski definition) is 2. The van der Waals surface area contributed by atoms with Crippen LogP contribution in [0.3, 0.4) is 0 Å². The smallest absolute Gasteiger partial charge is 0.155 e. The lowest BCUT2D eigenvalue weighted by atomic mass is 10.0. The minimum Gasteiger partial charge on any atom is -0.259 e. The summed E-state index contributed by atoms with van der Waals surface area (Å²) in [4.78, 5) is 4.32. The summed E-state index contributed by atoms with van der Waals surface area (Å²) in [6, 6.07) is 18.6. The summed E-state index contributed by atoms with van der Waals surface area (Å²) in [5.74, 6) is 1.57. The number of H-pyrrole nitrogens is 1. The van der Waals surface area contributed by atoms with E-state index in [-0.39, 0.29) is 0 Å². The van der Waals surface area contributed by atoms with E-state index in [4.69, 9.17) is 0 Å². The van der Waals surface area contributed by atoms with Crippen molar-refractivity contribution in [3.8, 4) is 22.5 Å². The fourth-order valence-electron chi connectivity index (χ4n) is 1.93. The Hall–Kier alpha value is -2.42. The van der Waals surface area contributed by atoms with E-state index in [0.29, 0.717) is 0 Å². The molecular weight excluding hydrogens is 222 g/mol. The molecule has 18 heavy (non-hydrogen) atoms. The Bertz CT molecular complexity index is 639. The number of aromatic nitrogens is 3. The lowest BCUT2D eigenvalue weighted by molar-refractivity contribution is 1.04. The van der Waals surface area contributed by atoms with Gasteiger partial charge in [0.05, 0.1) is 0 Å². The molecule has 3 nitrogen and oxygen atoms in total. The third-order valence-electron chi connectivity index (χ3n) is 2.86. The summed E-state index contributed by atoms with van der Waals surface area (Å²) in [6.07, 6.45) is 0. The van der Waals surface area contributed by atoms with E-state index in [1.165, 1.54) is 11.1 Å². The van der Waals surface area contributed by atoms with Gasteiger partial charge in [0.1, 0.15) is 5.82 Å². The largest absolute Gasteiger partial charge is 0.259 e. The van der Waals surface area contributed by atoms with E-state index in [1.807, 2.05) is 25.1 Å². The van der Waals surface area contributed by atoms with Crippen molar-refractivity contribution in [2.45, 2.75) is 6.92 Å². The predicted molar refractivity (Wildman–Crippen MR) is 72.0 cm³/mol. The highest BCUT2D eigenvalue weighted by atomic mass is 15.2. The molecule has 0 saturated carbocycles. The van der Waals surface area contributed by atoms with Crippen LogP contribution < -0.4 is 0 Å². The zero-order valence-electron chi connectivity index (χ0n) is 10.1. The zero-order valence-corrected chi connectivity index (χ0v) is 10.1. The third kappa shape index (κ3) is 2.02. The van der Waals surface area contributed by atoms with Crippen LogP contribution in [-0.4, -0.2) is 15.2 Å². The Kier molecular flexibility index (Phi) is 2.65. The highest BCUT2D eigenvalue weighted by molar-refractivity contribution is 5.67. The molecule has 1 N–H and O–H groups in total. The van der Waals surface area contributed by atoms with Crippen molar-refractivity contribution in [2.24, 2.45) is 0 Å². The molecule has 0 amide bonds. The second kappa shape index (κ2) is 4.45. The summed E-state index contributed by atoms with van der Waals surface area (Å²) in [5.41, 5.74) is 3.48. The minimum absolute atomic E-state index is 0.761. The van der Waals surface area contributed by atoms with Gasteiger partial charge in [0, 0.05) is 5.56 Å². The van der Waals surface area contributed by atoms with E-state index in [9.17, 15) is 0 Å². The summed E-state index contributed by atoms with van der Waals surface area (Å²) in [6.45, 7) is 1.87. The summed E-state index contributed by atoms with van der Waals surface area (Å²) in [5, 5.41) is 6.96. The van der Waals surface area contributed by atoms with Crippen molar-refractivity contribution in [1.29, 1.82) is 0 Å². The van der Waals surface area contributed by atoms with Crippen LogP contribution in [0.2, 0.25) is 0 Å². The van der Waals surface area contributed by atoms with Gasteiger partial charge in [-0.15, -0.1) is 0 Å². The maximum Gasteiger partial charge on any atom is 0.155 e. The van der Waals surface area contributed by atoms with Gasteiger partial charge in [0.2, 0.25) is 0 Å². The average Bonchev–Trinajstić information content (AvgIpc) is 2.87. The van der Waals surface area contributed by atoms with Gasteiger partial charge in [-0.05, 0) is 18.1 Å². The van der Waals surface area contributed by atoms with Crippen molar-refractivity contribution < 1.29 is 0 Å². The molecular formula is C15H13N3. The normalized spacial score (nSPS) is 10.5. The zero-order chi connectivity index (χ0) is 12.4. The average molecular weight is 235 g/mol. The molecule has 0 aliphatic heterocycles. The van der Waals surface area contributed by atoms with Crippen LogP contribution in [0.4, 0.5) is 0 Å². The number of aryl methyl sites for hydroxylation is 1. The maximum absolute atomic E-state index is 4.32. The van der Waals surface area contributed by atoms with Crippen molar-refractivity contribution in [3.05, 3.63) is 60.4 Å². The SMILES string of the molecule is Cc1n[nH]c(-c2ccc(-c3ccccc3)cc2)n1. The summed E-state index contributed by atoms with van der Waals surface area (Å²) >= 11 is 0. The Morgan fingerprint density at radius 2 is 1.39 bits per heavy atom. The number of nitrogens with one attached hydrogen (secondary N) is 1. The molecule has 0 aliphatic rings. The van der Waals surface area contributed by atoms with Crippen LogP contribution in [0.25, 0.3) is 22.5 Å². The van der Waals surface area contributed by atoms with Gasteiger partial charge in [0.25, 0.3) is 0 Å². The van der Waals surface area contributed by atoms with Crippen LogP contribution in [0.5, 0.6) is 0 Å². The molecule has 0 fully saturated rings. The molecule has 88 valence electrons. The monoisotopic (exact) mass is 235 g/mol. The van der Waals surface area contributed by atoms with Gasteiger partial charge in [-0.2, -0.15) is 5.10 Å². The van der Waals surface area contributed by atoms with Crippen LogP contribution in [0.15, 0.2) is 54.6 Å². The second-order valence-corrected chi connectivity index (χ2v) is 4.17. The van der Waals surface area contributed by atoms with Crippen LogP contribution >= 0.6 is 0 Å². The fraction of sp³-hybridized carbons (Fsp3) is 0.0667. The predicted octanol–water partition coefficient (Wildman–Crippen LogP) is 3.45. The highest BCUT2D eigenvalue weighted by Gasteiger charge is 2.03. The standard InChI is InChI=1S/C15H13N3/c1-11-16-15(18-17-11)14-9-7-13(8-10-14)12-5-3-2-4-6-12/h2-10H,1H3,(H,16,17,18). The third-order valence-corrected chi connectivity index (χ3v) is 2.86. The number of aromatic amines is 1. The molecule has 3 rings (SSSR count). The van der Waals surface area contributed by atoms with E-state index in [2.05, 4.69) is 51.6 Å². The highest BCUT2D eigenvalue weighted by Crippen LogP contribution is 2.22. The Balaban J connectivity index is 1.94. The number of hydrogen-bond donors (Lipinski definition) is 1. The fourth-order valence-corrected chi connectivity index (χ4v) is 1.93. The Morgan fingerprint density at radius 3 is 2.00 bits per heavy atom. The Morgan fingerprint density at radius 1 is 0.778 bits per heavy atom. The molecule has 3 aromatic rings. The summed E-state index contributed by atoms with van der Waals surface area (Å²) < 4.78 is 0. The molecule has 3 heteroatoms. The molecule has 1 heterocycles. The molecule has 0 bridgehead atoms. The molecule has 0 spiro atoms. The van der Waals surface area contributed by atoms with Gasteiger partial charge >= 0.3 is 0 Å². The van der Waals surface area contributed by atoms with Gasteiger partial charge in [-0.3, -0.25) is 5.10 Å². The molecule has 0 saturated heterocycles. The van der Waals surface area contributed by atoms with Crippen molar-refractivity contribution in [2.75, 3.05) is 0 Å². The van der Waals surface area contributed by atoms with Crippen molar-refractivity contribution in [3.63, 3.8) is 0 Å². The molecule has 1 aromatic heterocycles. The van der Waals surface area contributed by atoms with E-state index in [0.717, 1.165) is 17.2 Å². The lowest BCUT2D eigenvalue weighted by Crippen LogP contribution is -1.82. The molecule has 0 unspecified atom stereocenters. The van der Waals surface area contributed by atoms with Gasteiger partial charge < -0.3 is 0 Å². The van der Waals surface area contributed by atoms with Crippen molar-refractivity contribution in [1.82, 2.24) is 15.2 Å². The van der Waals surface area contributed by atoms with Crippen LogP contribution in [0.1, 0.15) is 5.82 Å². The molecule has 2 aromatic carbocycles. The van der Waals surface area contributed by atoms with E-state index >= 15 is 0 Å². The first-order valence-corrected chi connectivity index (χ1v) is 5.88. The van der Waals surface area contributed by atoms with Crippen molar-refractivity contribution >= 4 is 0 Å². The van der Waals surface area contributed by atoms with Crippen LogP contribution in [-0.2, 0) is 0 Å². The topological polar surface area (TPSA) is 41.6 Å². The number of rotatable bonds is 2. The Labute approximate surface area is 106 Å². The minimum atomic E-state index is 0.761. The molecule has 0 aliphatic carbocycles. The lowest BCUT2D eigenvalue weighted by Gasteiger charge is -2.02. The van der Waals surface area contributed by atoms with Gasteiger partial charge in [-0.25, -0.2) is 4.98 Å². The van der Waals surface area contributed by atoms with Crippen LogP contribution in [0, 0.1) is 6.92 Å². The first-order valence-electron chi connectivity index (χ1n) is 5.88.